The molecular formula is C10H9O2S. The Balaban J connectivity index is 2.97. The molecule has 2 nitrogen and oxygen atoms in total. The fraction of sp³-hybridized carbons (Fsp3) is 0.100. The Morgan fingerprint density at radius 1 is 1.54 bits per heavy atom. The first-order valence-electron chi connectivity index (χ1n) is 3.76. The van der Waals surface area contributed by atoms with E-state index < -0.39 is 11.2 Å². The van der Waals surface area contributed by atoms with E-state index in [4.69, 9.17) is 0 Å². The van der Waals surface area contributed by atoms with Gasteiger partial charge in [-0.2, -0.15) is 0 Å². The minimum absolute atomic E-state index is 0.360. The first-order chi connectivity index (χ1) is 6.29. The highest BCUT2D eigenvalue weighted by molar-refractivity contribution is 7.91. The smallest absolute Gasteiger partial charge is 0.238 e. The van der Waals surface area contributed by atoms with Crippen LogP contribution in [0.1, 0.15) is 5.56 Å². The lowest BCUT2D eigenvalue weighted by Crippen LogP contribution is -2.07. The number of hydrogen-bond donors (Lipinski definition) is 0. The second-order valence-corrected chi connectivity index (χ2v) is 3.86. The molecule has 1 rings (SSSR count). The molecule has 1 aromatic carbocycles. The van der Waals surface area contributed by atoms with Crippen LogP contribution in [0, 0.1) is 0 Å². The third kappa shape index (κ3) is 2.44. The van der Waals surface area contributed by atoms with Crippen molar-refractivity contribution in [1.29, 1.82) is 0 Å². The maximum Gasteiger partial charge on any atom is 0.238 e. The predicted octanol–water partition coefficient (Wildman–Crippen LogP) is 1.44. The molecule has 0 heterocycles. The van der Waals surface area contributed by atoms with Crippen LogP contribution in [0.4, 0.5) is 0 Å². The van der Waals surface area contributed by atoms with Crippen LogP contribution in [0.3, 0.4) is 0 Å². The summed E-state index contributed by atoms with van der Waals surface area (Å²) in [7, 11) is 0. The lowest BCUT2D eigenvalue weighted by atomic mass is 10.2. The van der Waals surface area contributed by atoms with Crippen LogP contribution in [-0.2, 0) is 16.0 Å². The molecule has 3 heteroatoms. The molecule has 0 spiro atoms. The summed E-state index contributed by atoms with van der Waals surface area (Å²) in [5.41, 5.74) is 0.364. The molecule has 13 heavy (non-hydrogen) atoms. The molecule has 1 radical (unpaired) electrons. The van der Waals surface area contributed by atoms with E-state index in [1.807, 2.05) is 0 Å². The van der Waals surface area contributed by atoms with Gasteiger partial charge in [0.25, 0.3) is 0 Å². The summed E-state index contributed by atoms with van der Waals surface area (Å²) in [6, 6.07) is 6.73. The molecule has 0 bridgehead atoms. The van der Waals surface area contributed by atoms with Crippen molar-refractivity contribution in [2.24, 2.45) is 0 Å². The van der Waals surface area contributed by atoms with Gasteiger partial charge in [-0.05, 0) is 29.4 Å². The zero-order chi connectivity index (χ0) is 9.68. The van der Waals surface area contributed by atoms with Crippen LogP contribution < -0.4 is 0 Å². The van der Waals surface area contributed by atoms with E-state index in [9.17, 15) is 9.35 Å². The van der Waals surface area contributed by atoms with Crippen molar-refractivity contribution in [1.82, 2.24) is 0 Å². The molecule has 0 N–H and O–H groups in total. The summed E-state index contributed by atoms with van der Waals surface area (Å²) in [4.78, 5) is 11.0. The Hall–Kier alpha value is -1.06. The van der Waals surface area contributed by atoms with Gasteiger partial charge in [0.2, 0.25) is 6.29 Å². The maximum atomic E-state index is 11.5. The normalized spacial score (nSPS) is 12.1. The zero-order valence-electron chi connectivity index (χ0n) is 7.03. The van der Waals surface area contributed by atoms with E-state index in [-0.39, 0.29) is 0 Å². The van der Waals surface area contributed by atoms with Gasteiger partial charge in [-0.1, -0.05) is 18.7 Å². The molecule has 0 saturated carbocycles. The summed E-state index contributed by atoms with van der Waals surface area (Å²) >= 11 is -1.18. The Bertz CT molecular complexity index is 310. The van der Waals surface area contributed by atoms with Gasteiger partial charge in [0.1, 0.15) is 5.75 Å². The SMILES string of the molecule is C=CC[S+]([O-])c1ccccc1[C]=O. The number of benzene rings is 1. The molecule has 1 aromatic rings. The lowest BCUT2D eigenvalue weighted by molar-refractivity contribution is 0.561. The van der Waals surface area contributed by atoms with E-state index in [1.165, 1.54) is 0 Å². The van der Waals surface area contributed by atoms with Crippen LogP contribution >= 0.6 is 0 Å². The fourth-order valence-electron chi connectivity index (χ4n) is 0.946. The summed E-state index contributed by atoms with van der Waals surface area (Å²) in [5.74, 6) is 0.360. The Morgan fingerprint density at radius 3 is 2.85 bits per heavy atom. The molecule has 0 amide bonds. The van der Waals surface area contributed by atoms with Gasteiger partial charge >= 0.3 is 0 Å². The largest absolute Gasteiger partial charge is 0.611 e. The Morgan fingerprint density at radius 2 is 2.23 bits per heavy atom. The molecule has 1 unspecified atom stereocenters. The van der Waals surface area contributed by atoms with Crippen molar-refractivity contribution in [3.63, 3.8) is 0 Å². The van der Waals surface area contributed by atoms with Gasteiger partial charge in [-0.3, -0.25) is 4.79 Å². The van der Waals surface area contributed by atoms with E-state index in [1.54, 1.807) is 36.6 Å². The summed E-state index contributed by atoms with van der Waals surface area (Å²) in [5, 5.41) is 0. The van der Waals surface area contributed by atoms with Gasteiger partial charge in [-0.15, -0.1) is 0 Å². The van der Waals surface area contributed by atoms with Crippen molar-refractivity contribution in [2.75, 3.05) is 5.75 Å². The number of rotatable bonds is 4. The molecule has 67 valence electrons. The highest BCUT2D eigenvalue weighted by Crippen LogP contribution is 2.14. The van der Waals surface area contributed by atoms with Crippen LogP contribution in [0.2, 0.25) is 0 Å². The van der Waals surface area contributed by atoms with E-state index >= 15 is 0 Å². The second-order valence-electron chi connectivity index (χ2n) is 2.40. The highest BCUT2D eigenvalue weighted by atomic mass is 32.2. The van der Waals surface area contributed by atoms with Crippen molar-refractivity contribution in [2.45, 2.75) is 4.90 Å². The molecular weight excluding hydrogens is 184 g/mol. The summed E-state index contributed by atoms with van der Waals surface area (Å²) in [6.45, 7) is 3.49. The summed E-state index contributed by atoms with van der Waals surface area (Å²) < 4.78 is 11.5. The first-order valence-corrected chi connectivity index (χ1v) is 5.08. The van der Waals surface area contributed by atoms with Crippen LogP contribution in [0.5, 0.6) is 0 Å². The van der Waals surface area contributed by atoms with Gasteiger partial charge in [-0.25, -0.2) is 0 Å². The van der Waals surface area contributed by atoms with Crippen LogP contribution in [0.15, 0.2) is 41.8 Å². The maximum absolute atomic E-state index is 11.5. The quantitative estimate of drug-likeness (QED) is 0.536. The van der Waals surface area contributed by atoms with E-state index in [2.05, 4.69) is 6.58 Å². The number of hydrogen-bond acceptors (Lipinski definition) is 2. The molecule has 1 atom stereocenters. The topological polar surface area (TPSA) is 40.1 Å². The Kier molecular flexibility index (Phi) is 3.73. The van der Waals surface area contributed by atoms with E-state index in [0.717, 1.165) is 0 Å². The molecule has 0 aromatic heterocycles. The van der Waals surface area contributed by atoms with Gasteiger partial charge in [0, 0.05) is 0 Å². The van der Waals surface area contributed by atoms with Crippen molar-refractivity contribution in [3.8, 4) is 0 Å². The lowest BCUT2D eigenvalue weighted by Gasteiger charge is -2.08. The minimum atomic E-state index is -1.18. The Labute approximate surface area is 80.5 Å². The third-order valence-corrected chi connectivity index (χ3v) is 2.90. The van der Waals surface area contributed by atoms with Gasteiger partial charge in [0.15, 0.2) is 4.90 Å². The monoisotopic (exact) mass is 193 g/mol. The van der Waals surface area contributed by atoms with Crippen molar-refractivity contribution >= 4 is 17.5 Å². The molecule has 0 aliphatic carbocycles. The third-order valence-electron chi connectivity index (χ3n) is 1.51. The van der Waals surface area contributed by atoms with Crippen LogP contribution in [0.25, 0.3) is 0 Å². The molecule has 0 fully saturated rings. The second kappa shape index (κ2) is 4.84. The molecule has 0 aliphatic heterocycles. The zero-order valence-corrected chi connectivity index (χ0v) is 7.84. The standard InChI is InChI=1S/C10H9O2S/c1-2-7-13(12)10-6-4-3-5-9(10)8-11/h2-6H,1,7H2. The van der Waals surface area contributed by atoms with Gasteiger partial charge in [0.05, 0.1) is 5.56 Å². The highest BCUT2D eigenvalue weighted by Gasteiger charge is 2.13. The first kappa shape index (κ1) is 10.0. The van der Waals surface area contributed by atoms with E-state index in [0.29, 0.717) is 16.2 Å². The summed E-state index contributed by atoms with van der Waals surface area (Å²) in [6.07, 6.45) is 3.32. The number of carbonyl (C=O) groups excluding carboxylic acids is 1. The van der Waals surface area contributed by atoms with Crippen molar-refractivity contribution < 1.29 is 9.35 Å². The molecule has 0 aliphatic rings. The van der Waals surface area contributed by atoms with Crippen molar-refractivity contribution in [3.05, 3.63) is 42.5 Å². The minimum Gasteiger partial charge on any atom is -0.611 e. The van der Waals surface area contributed by atoms with Gasteiger partial charge < -0.3 is 4.55 Å². The molecule has 0 saturated heterocycles. The predicted molar refractivity (Wildman–Crippen MR) is 52.7 cm³/mol. The van der Waals surface area contributed by atoms with Crippen LogP contribution in [-0.4, -0.2) is 16.6 Å². The average Bonchev–Trinajstić information content (AvgIpc) is 2.18. The fourth-order valence-corrected chi connectivity index (χ4v) is 1.93. The average molecular weight is 193 g/mol.